The van der Waals surface area contributed by atoms with Gasteiger partial charge in [0.2, 0.25) is 5.91 Å². The van der Waals surface area contributed by atoms with Crippen LogP contribution in [0.1, 0.15) is 91.9 Å². The number of carbonyl (C=O) groups is 2. The van der Waals surface area contributed by atoms with E-state index in [2.05, 4.69) is 6.92 Å². The molecule has 0 aliphatic rings. The van der Waals surface area contributed by atoms with E-state index in [0.717, 1.165) is 12.8 Å². The molecule has 0 bridgehead atoms. The first-order chi connectivity index (χ1) is 13.5. The summed E-state index contributed by atoms with van der Waals surface area (Å²) in [5.74, 6) is -1.02. The Hall–Kier alpha value is -1.22. The Balaban J connectivity index is 0. The molecule has 29 heavy (non-hydrogen) atoms. The van der Waals surface area contributed by atoms with E-state index in [1.54, 1.807) is 7.05 Å². The van der Waals surface area contributed by atoms with Gasteiger partial charge in [0.25, 0.3) is 0 Å². The number of likely N-dealkylation sites (N-methyl/N-ethyl adjacent to an activating group) is 1. The van der Waals surface area contributed by atoms with Crippen LogP contribution in [0.15, 0.2) is 0 Å². The third-order valence-electron chi connectivity index (χ3n) is 4.59. The summed E-state index contributed by atoms with van der Waals surface area (Å²) in [5.41, 5.74) is 0. The van der Waals surface area contributed by atoms with E-state index in [0.29, 0.717) is 6.42 Å². The summed E-state index contributed by atoms with van der Waals surface area (Å²) < 4.78 is 0. The minimum Gasteiger partial charge on any atom is -0.480 e. The van der Waals surface area contributed by atoms with E-state index in [-0.39, 0.29) is 12.5 Å². The number of hydrogen-bond acceptors (Lipinski definition) is 6. The number of hydrogen-bond donors (Lipinski definition) is 4. The molecule has 0 aliphatic carbocycles. The molecule has 0 aromatic carbocycles. The highest BCUT2D eigenvalue weighted by Gasteiger charge is 2.20. The standard InChI is InChI=1S/C15H29NO3.C6H15NO3/c1-3-4-5-6-7-8-9-10-11-12-14(17)16(2)13-15(18)19;1-4(8)7(5(2)9)6(3)10/h3-13H2,1-2H3,(H,18,19);4-6,8-10H,1-3H3. The molecule has 4 N–H and O–H groups in total. The summed E-state index contributed by atoms with van der Waals surface area (Å²) in [6, 6.07) is 0. The maximum atomic E-state index is 11.5. The van der Waals surface area contributed by atoms with Gasteiger partial charge >= 0.3 is 5.97 Å². The van der Waals surface area contributed by atoms with Gasteiger partial charge in [0.15, 0.2) is 0 Å². The lowest BCUT2D eigenvalue weighted by molar-refractivity contribution is -0.159. The van der Waals surface area contributed by atoms with E-state index < -0.39 is 24.7 Å². The Morgan fingerprint density at radius 1 is 0.759 bits per heavy atom. The molecule has 3 atom stereocenters. The van der Waals surface area contributed by atoms with Crippen molar-refractivity contribution in [2.45, 2.75) is 111 Å². The summed E-state index contributed by atoms with van der Waals surface area (Å²) in [5, 5.41) is 35.4. The third-order valence-corrected chi connectivity index (χ3v) is 4.59. The Bertz CT molecular complexity index is 397. The second-order valence-electron chi connectivity index (χ2n) is 7.56. The van der Waals surface area contributed by atoms with Crippen LogP contribution >= 0.6 is 0 Å². The average Bonchev–Trinajstić information content (AvgIpc) is 2.58. The normalized spacial score (nSPS) is 14.0. The van der Waals surface area contributed by atoms with E-state index in [1.807, 2.05) is 0 Å². The van der Waals surface area contributed by atoms with Gasteiger partial charge in [-0.2, -0.15) is 0 Å². The Morgan fingerprint density at radius 2 is 1.14 bits per heavy atom. The molecule has 0 aliphatic heterocycles. The Morgan fingerprint density at radius 3 is 1.45 bits per heavy atom. The first-order valence-corrected chi connectivity index (χ1v) is 10.8. The number of aliphatic hydroxyl groups is 3. The van der Waals surface area contributed by atoms with E-state index in [4.69, 9.17) is 20.4 Å². The van der Waals surface area contributed by atoms with E-state index >= 15 is 0 Å². The van der Waals surface area contributed by atoms with Crippen LogP contribution in [0.5, 0.6) is 0 Å². The largest absolute Gasteiger partial charge is 0.480 e. The minimum absolute atomic E-state index is 0.0645. The predicted octanol–water partition coefficient (Wildman–Crippen LogP) is 2.75. The monoisotopic (exact) mass is 420 g/mol. The molecule has 0 fully saturated rings. The first-order valence-electron chi connectivity index (χ1n) is 10.8. The minimum atomic E-state index is -0.956. The van der Waals surface area contributed by atoms with Crippen molar-refractivity contribution in [2.75, 3.05) is 13.6 Å². The van der Waals surface area contributed by atoms with Crippen LogP contribution in [0.2, 0.25) is 0 Å². The molecule has 0 saturated heterocycles. The van der Waals surface area contributed by atoms with Crippen molar-refractivity contribution in [3.05, 3.63) is 0 Å². The zero-order valence-electron chi connectivity index (χ0n) is 19.0. The molecule has 0 rings (SSSR count). The van der Waals surface area contributed by atoms with Gasteiger partial charge in [-0.05, 0) is 27.2 Å². The van der Waals surface area contributed by atoms with Crippen LogP contribution in [-0.4, -0.2) is 74.4 Å². The second kappa shape index (κ2) is 18.8. The zero-order valence-corrected chi connectivity index (χ0v) is 19.0. The predicted molar refractivity (Wildman–Crippen MR) is 114 cm³/mol. The SMILES string of the molecule is CC(O)N(C(C)O)C(C)O.CCCCCCCCCCCC(=O)N(C)CC(=O)O. The molecule has 0 heterocycles. The zero-order chi connectivity index (χ0) is 22.8. The number of aliphatic hydroxyl groups excluding tert-OH is 3. The third kappa shape index (κ3) is 18.5. The number of nitrogens with zero attached hydrogens (tertiary/aromatic N) is 2. The van der Waals surface area contributed by atoms with Gasteiger partial charge in [0, 0.05) is 13.5 Å². The van der Waals surface area contributed by atoms with Crippen LogP contribution in [0.3, 0.4) is 0 Å². The summed E-state index contributed by atoms with van der Waals surface area (Å²) in [4.78, 5) is 24.4. The fraction of sp³-hybridized carbons (Fsp3) is 0.905. The summed E-state index contributed by atoms with van der Waals surface area (Å²) >= 11 is 0. The fourth-order valence-corrected chi connectivity index (χ4v) is 3.01. The molecule has 0 aromatic rings. The number of carboxylic acid groups (broad SMARTS) is 1. The van der Waals surface area contributed by atoms with Crippen LogP contribution in [0.4, 0.5) is 0 Å². The van der Waals surface area contributed by atoms with Gasteiger partial charge in [-0.15, -0.1) is 0 Å². The summed E-state index contributed by atoms with van der Waals surface area (Å²) in [7, 11) is 1.55. The van der Waals surface area contributed by atoms with Crippen molar-refractivity contribution in [3.63, 3.8) is 0 Å². The van der Waals surface area contributed by atoms with Crippen molar-refractivity contribution in [2.24, 2.45) is 0 Å². The van der Waals surface area contributed by atoms with Crippen molar-refractivity contribution in [1.29, 1.82) is 0 Å². The van der Waals surface area contributed by atoms with Crippen LogP contribution in [0.25, 0.3) is 0 Å². The van der Waals surface area contributed by atoms with E-state index in [9.17, 15) is 9.59 Å². The lowest BCUT2D eigenvalue weighted by atomic mass is 10.1. The van der Waals surface area contributed by atoms with Crippen molar-refractivity contribution in [3.8, 4) is 0 Å². The highest BCUT2D eigenvalue weighted by atomic mass is 16.4. The van der Waals surface area contributed by atoms with E-state index in [1.165, 1.54) is 75.5 Å². The maximum absolute atomic E-state index is 11.5. The quantitative estimate of drug-likeness (QED) is 0.237. The van der Waals surface area contributed by atoms with Crippen molar-refractivity contribution in [1.82, 2.24) is 9.80 Å². The van der Waals surface area contributed by atoms with Gasteiger partial charge in [-0.1, -0.05) is 58.3 Å². The summed E-state index contributed by atoms with van der Waals surface area (Å²) in [6.45, 7) is 6.48. The molecule has 0 saturated carbocycles. The van der Waals surface area contributed by atoms with Gasteiger partial charge in [-0.25, -0.2) is 4.90 Å². The topological polar surface area (TPSA) is 122 Å². The molecule has 8 heteroatoms. The molecule has 0 spiro atoms. The molecule has 0 radical (unpaired) electrons. The molecule has 3 unspecified atom stereocenters. The first kappa shape index (κ1) is 30.0. The number of carbonyl (C=O) groups excluding carboxylic acids is 1. The van der Waals surface area contributed by atoms with Crippen LogP contribution < -0.4 is 0 Å². The highest BCUT2D eigenvalue weighted by Crippen LogP contribution is 2.11. The Kier molecular flexibility index (Phi) is 19.4. The number of unbranched alkanes of at least 4 members (excludes halogenated alkanes) is 8. The van der Waals surface area contributed by atoms with Gasteiger partial charge in [0.05, 0.1) is 0 Å². The van der Waals surface area contributed by atoms with Crippen molar-refractivity contribution < 1.29 is 30.0 Å². The smallest absolute Gasteiger partial charge is 0.323 e. The lowest BCUT2D eigenvalue weighted by Crippen LogP contribution is -2.45. The van der Waals surface area contributed by atoms with Crippen molar-refractivity contribution >= 4 is 11.9 Å². The molecule has 8 nitrogen and oxygen atoms in total. The van der Waals surface area contributed by atoms with Crippen LogP contribution in [-0.2, 0) is 9.59 Å². The highest BCUT2D eigenvalue weighted by molar-refractivity contribution is 5.80. The number of aliphatic carboxylic acids is 1. The lowest BCUT2D eigenvalue weighted by Gasteiger charge is -2.30. The molecule has 174 valence electrons. The Labute approximate surface area is 176 Å². The van der Waals surface area contributed by atoms with Gasteiger partial charge < -0.3 is 25.3 Å². The number of carboxylic acids is 1. The molecular weight excluding hydrogens is 376 g/mol. The number of amides is 1. The van der Waals surface area contributed by atoms with Gasteiger partial charge in [0.1, 0.15) is 25.2 Å². The molecule has 0 aromatic heterocycles. The fourth-order valence-electron chi connectivity index (χ4n) is 3.01. The molecule has 1 amide bonds. The maximum Gasteiger partial charge on any atom is 0.323 e. The second-order valence-corrected chi connectivity index (χ2v) is 7.56. The molecular formula is C21H44N2O6. The van der Waals surface area contributed by atoms with Gasteiger partial charge in [-0.3, -0.25) is 9.59 Å². The average molecular weight is 421 g/mol. The number of rotatable bonds is 15. The summed E-state index contributed by atoms with van der Waals surface area (Å²) in [6.07, 6.45) is 8.94. The van der Waals surface area contributed by atoms with Crippen LogP contribution in [0, 0.1) is 0 Å².